The van der Waals surface area contributed by atoms with Crippen LogP contribution in [0.5, 0.6) is 0 Å². The van der Waals surface area contributed by atoms with E-state index in [1.165, 1.54) is 48.6 Å². The minimum atomic E-state index is -1.03. The first-order valence-corrected chi connectivity index (χ1v) is 10.1. The van der Waals surface area contributed by atoms with E-state index in [0.717, 1.165) is 6.07 Å². The molecule has 2 aromatic carbocycles. The zero-order chi connectivity index (χ0) is 24.4. The Bertz CT molecular complexity index is 1310. The second kappa shape index (κ2) is 9.02. The summed E-state index contributed by atoms with van der Waals surface area (Å²) in [5.74, 6) is -2.52. The van der Waals surface area contributed by atoms with E-state index in [1.807, 2.05) is 0 Å². The largest absolute Gasteiger partial charge is 0.507 e. The number of rotatable bonds is 6. The maximum absolute atomic E-state index is 13.0. The number of hydrogen-bond acceptors (Lipinski definition) is 8. The van der Waals surface area contributed by atoms with Crippen molar-refractivity contribution in [2.45, 2.75) is 12.6 Å². The molecular formula is C24H18N2O8. The highest BCUT2D eigenvalue weighted by Gasteiger charge is 2.46. The van der Waals surface area contributed by atoms with Gasteiger partial charge in [-0.25, -0.2) is 4.79 Å². The van der Waals surface area contributed by atoms with Gasteiger partial charge in [0, 0.05) is 17.7 Å². The van der Waals surface area contributed by atoms with Gasteiger partial charge in [-0.15, -0.1) is 0 Å². The molecule has 10 nitrogen and oxygen atoms in total. The minimum Gasteiger partial charge on any atom is -0.507 e. The first-order valence-electron chi connectivity index (χ1n) is 10.1. The average molecular weight is 462 g/mol. The third-order valence-corrected chi connectivity index (χ3v) is 5.42. The van der Waals surface area contributed by atoms with Gasteiger partial charge in [0.05, 0.1) is 42.0 Å². The Kier molecular flexibility index (Phi) is 5.96. The number of benzene rings is 2. The molecule has 3 aromatic rings. The van der Waals surface area contributed by atoms with Crippen LogP contribution in [0.15, 0.2) is 76.9 Å². The first-order chi connectivity index (χ1) is 16.3. The lowest BCUT2D eigenvalue weighted by atomic mass is 9.94. The number of carbonyl (C=O) groups excluding carboxylic acids is 3. The summed E-state index contributed by atoms with van der Waals surface area (Å²) in [4.78, 5) is 49.6. The summed E-state index contributed by atoms with van der Waals surface area (Å²) in [6, 6.07) is 13.4. The smallest absolute Gasteiger partial charge is 0.337 e. The molecule has 4 rings (SSSR count). The summed E-state index contributed by atoms with van der Waals surface area (Å²) in [6.07, 6.45) is 1.43. The zero-order valence-electron chi connectivity index (χ0n) is 17.8. The normalized spacial score (nSPS) is 17.1. The van der Waals surface area contributed by atoms with E-state index < -0.39 is 34.4 Å². The van der Waals surface area contributed by atoms with Gasteiger partial charge in [0.25, 0.3) is 17.4 Å². The molecule has 0 bridgehead atoms. The topological polar surface area (TPSA) is 140 Å². The highest BCUT2D eigenvalue weighted by atomic mass is 16.6. The second-order valence-corrected chi connectivity index (χ2v) is 7.43. The van der Waals surface area contributed by atoms with Gasteiger partial charge >= 0.3 is 5.97 Å². The van der Waals surface area contributed by atoms with Crippen LogP contribution in [0.2, 0.25) is 0 Å². The third kappa shape index (κ3) is 4.04. The molecule has 0 spiro atoms. The molecule has 0 aliphatic carbocycles. The van der Waals surface area contributed by atoms with Crippen molar-refractivity contribution < 1.29 is 33.6 Å². The second-order valence-electron chi connectivity index (χ2n) is 7.43. The van der Waals surface area contributed by atoms with Crippen molar-refractivity contribution in [2.24, 2.45) is 0 Å². The monoisotopic (exact) mass is 462 g/mol. The molecule has 2 heterocycles. The van der Waals surface area contributed by atoms with Crippen molar-refractivity contribution in [3.63, 3.8) is 0 Å². The summed E-state index contributed by atoms with van der Waals surface area (Å²) in [5.41, 5.74) is 0.190. The van der Waals surface area contributed by atoms with Gasteiger partial charge in [-0.2, -0.15) is 0 Å². The van der Waals surface area contributed by atoms with Crippen molar-refractivity contribution in [3.05, 3.63) is 105 Å². The fraction of sp³-hybridized carbons (Fsp3) is 0.125. The van der Waals surface area contributed by atoms with Crippen molar-refractivity contribution in [1.82, 2.24) is 4.90 Å². The zero-order valence-corrected chi connectivity index (χ0v) is 17.8. The Morgan fingerprint density at radius 3 is 2.47 bits per heavy atom. The van der Waals surface area contributed by atoms with Crippen LogP contribution >= 0.6 is 0 Å². The molecular weight excluding hydrogens is 444 g/mol. The number of hydrogen-bond donors (Lipinski definition) is 1. The van der Waals surface area contributed by atoms with E-state index in [1.54, 1.807) is 24.3 Å². The Hall–Kier alpha value is -4.73. The summed E-state index contributed by atoms with van der Waals surface area (Å²) < 4.78 is 10.0. The van der Waals surface area contributed by atoms with Crippen LogP contribution in [0, 0.1) is 10.1 Å². The van der Waals surface area contributed by atoms with Gasteiger partial charge in [-0.1, -0.05) is 24.3 Å². The maximum Gasteiger partial charge on any atom is 0.337 e. The number of amides is 1. The first kappa shape index (κ1) is 22.5. The lowest BCUT2D eigenvalue weighted by Gasteiger charge is -2.24. The Labute approximate surface area is 192 Å². The molecule has 1 saturated heterocycles. The number of methoxy groups -OCH3 is 1. The molecule has 1 aliphatic rings. The fourth-order valence-corrected chi connectivity index (χ4v) is 3.80. The number of ether oxygens (including phenoxy) is 1. The number of ketones is 1. The van der Waals surface area contributed by atoms with E-state index in [2.05, 4.69) is 0 Å². The van der Waals surface area contributed by atoms with Crippen LogP contribution in [0.25, 0.3) is 5.76 Å². The third-order valence-electron chi connectivity index (χ3n) is 5.42. The summed E-state index contributed by atoms with van der Waals surface area (Å²) in [5, 5.41) is 22.2. The highest BCUT2D eigenvalue weighted by molar-refractivity contribution is 6.46. The number of non-ortho nitro benzene ring substituents is 1. The molecule has 1 N–H and O–H groups in total. The molecule has 172 valence electrons. The molecule has 1 aromatic heterocycles. The number of esters is 1. The average Bonchev–Trinajstić information content (AvgIpc) is 3.45. The van der Waals surface area contributed by atoms with Crippen molar-refractivity contribution in [3.8, 4) is 0 Å². The predicted molar refractivity (Wildman–Crippen MR) is 117 cm³/mol. The predicted octanol–water partition coefficient (Wildman–Crippen LogP) is 3.60. The SMILES string of the molecule is COC(=O)c1ccc([C@@H]2C(=C(O)c3cccc([N+](=O)[O-])c3)C(=O)C(=O)N2Cc2ccco2)cc1. The quantitative estimate of drug-likeness (QED) is 0.146. The Morgan fingerprint density at radius 1 is 1.12 bits per heavy atom. The van der Waals surface area contributed by atoms with E-state index in [4.69, 9.17) is 9.15 Å². The van der Waals surface area contributed by atoms with Crippen LogP contribution < -0.4 is 0 Å². The standard InChI is InChI=1S/C24H18N2O8/c1-33-24(30)15-9-7-14(8-10-15)20-19(21(27)16-4-2-5-17(12-16)26(31)32)22(28)23(29)25(20)13-18-6-3-11-34-18/h2-12,20,27H,13H2,1H3/t20-/m1/s1. The van der Waals surface area contributed by atoms with Gasteiger partial charge in [0.15, 0.2) is 0 Å². The Morgan fingerprint density at radius 2 is 1.85 bits per heavy atom. The molecule has 1 aliphatic heterocycles. The summed E-state index contributed by atoms with van der Waals surface area (Å²) in [7, 11) is 1.24. The lowest BCUT2D eigenvalue weighted by molar-refractivity contribution is -0.384. The number of likely N-dealkylation sites (tertiary alicyclic amines) is 1. The van der Waals surface area contributed by atoms with Crippen LogP contribution in [-0.4, -0.2) is 39.7 Å². The minimum absolute atomic E-state index is 0.0152. The maximum atomic E-state index is 13.0. The van der Waals surface area contributed by atoms with Gasteiger partial charge in [0.1, 0.15) is 11.5 Å². The number of nitro groups is 1. The van der Waals surface area contributed by atoms with E-state index in [-0.39, 0.29) is 28.9 Å². The molecule has 34 heavy (non-hydrogen) atoms. The van der Waals surface area contributed by atoms with Crippen molar-refractivity contribution >= 4 is 29.1 Å². The van der Waals surface area contributed by atoms with Crippen LogP contribution in [0.1, 0.15) is 33.3 Å². The number of Topliss-reactive ketones (excluding diaryl/α,β-unsaturated/α-hetero) is 1. The van der Waals surface area contributed by atoms with E-state index >= 15 is 0 Å². The lowest BCUT2D eigenvalue weighted by Crippen LogP contribution is -2.29. The van der Waals surface area contributed by atoms with E-state index in [9.17, 15) is 29.6 Å². The molecule has 0 unspecified atom stereocenters. The summed E-state index contributed by atoms with van der Waals surface area (Å²) in [6.45, 7) is -0.0628. The fourth-order valence-electron chi connectivity index (χ4n) is 3.80. The molecule has 1 amide bonds. The van der Waals surface area contributed by atoms with Crippen molar-refractivity contribution in [1.29, 1.82) is 0 Å². The van der Waals surface area contributed by atoms with Gasteiger partial charge < -0.3 is 19.2 Å². The highest BCUT2D eigenvalue weighted by Crippen LogP contribution is 2.40. The number of nitrogens with zero attached hydrogens (tertiary/aromatic N) is 2. The van der Waals surface area contributed by atoms with Crippen LogP contribution in [0.3, 0.4) is 0 Å². The molecule has 1 fully saturated rings. The number of furan rings is 1. The van der Waals surface area contributed by atoms with Crippen molar-refractivity contribution in [2.75, 3.05) is 7.11 Å². The van der Waals surface area contributed by atoms with Gasteiger partial charge in [-0.05, 0) is 29.8 Å². The van der Waals surface area contributed by atoms with Gasteiger partial charge in [0.2, 0.25) is 0 Å². The number of aliphatic hydroxyl groups is 1. The van der Waals surface area contributed by atoms with Crippen LogP contribution in [-0.2, 0) is 20.9 Å². The molecule has 0 saturated carbocycles. The number of carbonyl (C=O) groups is 3. The number of aliphatic hydroxyl groups excluding tert-OH is 1. The van der Waals surface area contributed by atoms with Crippen LogP contribution in [0.4, 0.5) is 5.69 Å². The molecule has 1 atom stereocenters. The number of nitro benzene ring substituents is 1. The summed E-state index contributed by atoms with van der Waals surface area (Å²) >= 11 is 0. The van der Waals surface area contributed by atoms with E-state index in [0.29, 0.717) is 11.3 Å². The molecule has 10 heteroatoms. The molecule has 0 radical (unpaired) electrons. The Balaban J connectivity index is 1.86. The van der Waals surface area contributed by atoms with Gasteiger partial charge in [-0.3, -0.25) is 19.7 Å².